The lowest BCUT2D eigenvalue weighted by Crippen LogP contribution is -2.47. The number of aromatic nitrogens is 3. The molecule has 0 unspecified atom stereocenters. The van der Waals surface area contributed by atoms with Gasteiger partial charge in [-0.2, -0.15) is 0 Å². The number of rotatable bonds is 3. The fourth-order valence-corrected chi connectivity index (χ4v) is 2.42. The summed E-state index contributed by atoms with van der Waals surface area (Å²) in [4.78, 5) is 24.7. The van der Waals surface area contributed by atoms with Gasteiger partial charge in [0.1, 0.15) is 11.3 Å². The highest BCUT2D eigenvalue weighted by Gasteiger charge is 2.30. The fourth-order valence-electron chi connectivity index (χ4n) is 2.42. The maximum atomic E-state index is 12.3. The van der Waals surface area contributed by atoms with Crippen molar-refractivity contribution in [1.29, 1.82) is 0 Å². The van der Waals surface area contributed by atoms with Crippen molar-refractivity contribution in [2.75, 3.05) is 6.54 Å². The third kappa shape index (κ3) is 4.27. The predicted molar refractivity (Wildman–Crippen MR) is 76.0 cm³/mol. The molecule has 0 N–H and O–H groups in total. The van der Waals surface area contributed by atoms with E-state index in [1.165, 1.54) is 0 Å². The van der Waals surface area contributed by atoms with Crippen LogP contribution in [0.25, 0.3) is 0 Å². The number of hydrogen-bond donors (Lipinski definition) is 0. The van der Waals surface area contributed by atoms with Gasteiger partial charge in [-0.15, -0.1) is 5.10 Å². The summed E-state index contributed by atoms with van der Waals surface area (Å²) in [6, 6.07) is 0.0230. The van der Waals surface area contributed by atoms with E-state index in [2.05, 4.69) is 10.3 Å². The number of hydrogen-bond acceptors (Lipinski definition) is 5. The van der Waals surface area contributed by atoms with E-state index < -0.39 is 5.60 Å². The third-order valence-electron chi connectivity index (χ3n) is 3.33. The molecule has 7 heteroatoms. The lowest BCUT2D eigenvalue weighted by Gasteiger charge is -2.36. The first-order chi connectivity index (χ1) is 9.89. The summed E-state index contributed by atoms with van der Waals surface area (Å²) in [7, 11) is 0. The molecule has 21 heavy (non-hydrogen) atoms. The molecule has 1 fully saturated rings. The van der Waals surface area contributed by atoms with Crippen LogP contribution in [-0.2, 0) is 11.3 Å². The minimum absolute atomic E-state index is 0.0230. The van der Waals surface area contributed by atoms with Crippen LogP contribution >= 0.6 is 0 Å². The molecule has 0 saturated carbocycles. The third-order valence-corrected chi connectivity index (χ3v) is 3.33. The van der Waals surface area contributed by atoms with E-state index in [0.29, 0.717) is 25.1 Å². The molecule has 1 amide bonds. The van der Waals surface area contributed by atoms with Crippen molar-refractivity contribution < 1.29 is 14.3 Å². The highest BCUT2D eigenvalue weighted by molar-refractivity contribution is 5.70. The number of carbonyl (C=O) groups excluding carboxylic acids is 2. The molecular formula is C14H22N4O3. The van der Waals surface area contributed by atoms with Crippen molar-refractivity contribution in [1.82, 2.24) is 19.9 Å². The summed E-state index contributed by atoms with van der Waals surface area (Å²) in [6.45, 7) is 6.79. The maximum Gasteiger partial charge on any atom is 0.410 e. The van der Waals surface area contributed by atoms with E-state index in [-0.39, 0.29) is 12.1 Å². The fraction of sp³-hybridized carbons (Fsp3) is 0.714. The molecule has 7 nitrogen and oxygen atoms in total. The average Bonchev–Trinajstić information content (AvgIpc) is 2.85. The van der Waals surface area contributed by atoms with Gasteiger partial charge in [0.05, 0.1) is 18.8 Å². The Morgan fingerprint density at radius 3 is 2.86 bits per heavy atom. The minimum atomic E-state index is -0.503. The van der Waals surface area contributed by atoms with E-state index in [1.807, 2.05) is 20.8 Å². The Morgan fingerprint density at radius 2 is 2.24 bits per heavy atom. The molecule has 0 radical (unpaired) electrons. The van der Waals surface area contributed by atoms with Crippen LogP contribution < -0.4 is 0 Å². The number of likely N-dealkylation sites (tertiary alicyclic amines) is 1. The summed E-state index contributed by atoms with van der Waals surface area (Å²) in [5.41, 5.74) is -0.202. The van der Waals surface area contributed by atoms with Crippen molar-refractivity contribution in [2.45, 2.75) is 58.2 Å². The van der Waals surface area contributed by atoms with Crippen LogP contribution in [0.15, 0.2) is 6.20 Å². The van der Waals surface area contributed by atoms with Crippen molar-refractivity contribution in [3.05, 3.63) is 11.9 Å². The molecule has 0 aliphatic carbocycles. The van der Waals surface area contributed by atoms with E-state index in [9.17, 15) is 9.59 Å². The molecule has 2 rings (SSSR count). The minimum Gasteiger partial charge on any atom is -0.444 e. The summed E-state index contributed by atoms with van der Waals surface area (Å²) >= 11 is 0. The van der Waals surface area contributed by atoms with Crippen LogP contribution in [0.3, 0.4) is 0 Å². The standard InChI is InChI=1S/C14H22N4O3/c1-14(2,3)21-13(20)18-7-5-4-6-12(18)9-17-8-11(10-19)15-16-17/h8,10,12H,4-7,9H2,1-3H3/t12-/m0/s1. The molecule has 0 bridgehead atoms. The van der Waals surface area contributed by atoms with Gasteiger partial charge in [-0.25, -0.2) is 9.48 Å². The molecule has 2 heterocycles. The summed E-state index contributed by atoms with van der Waals surface area (Å²) in [5.74, 6) is 0. The van der Waals surface area contributed by atoms with Gasteiger partial charge in [0, 0.05) is 6.54 Å². The molecule has 1 aliphatic heterocycles. The van der Waals surface area contributed by atoms with Crippen molar-refractivity contribution >= 4 is 12.4 Å². The van der Waals surface area contributed by atoms with Crippen LogP contribution in [0.1, 0.15) is 50.5 Å². The lowest BCUT2D eigenvalue weighted by atomic mass is 10.0. The van der Waals surface area contributed by atoms with Gasteiger partial charge < -0.3 is 9.64 Å². The molecular weight excluding hydrogens is 272 g/mol. The number of piperidine rings is 1. The monoisotopic (exact) mass is 294 g/mol. The smallest absolute Gasteiger partial charge is 0.410 e. The molecule has 1 aromatic heterocycles. The molecule has 116 valence electrons. The summed E-state index contributed by atoms with van der Waals surface area (Å²) < 4.78 is 7.07. The lowest BCUT2D eigenvalue weighted by molar-refractivity contribution is 0.00732. The number of amides is 1. The Bertz CT molecular complexity index is 507. The molecule has 1 aromatic rings. The second kappa shape index (κ2) is 6.24. The Labute approximate surface area is 124 Å². The van der Waals surface area contributed by atoms with Crippen LogP contribution in [0.4, 0.5) is 4.79 Å². The highest BCUT2D eigenvalue weighted by atomic mass is 16.6. The van der Waals surface area contributed by atoms with Gasteiger partial charge in [-0.3, -0.25) is 4.79 Å². The normalized spacial score (nSPS) is 19.4. The van der Waals surface area contributed by atoms with Gasteiger partial charge >= 0.3 is 6.09 Å². The Kier molecular flexibility index (Phi) is 4.59. The van der Waals surface area contributed by atoms with E-state index in [0.717, 1.165) is 19.3 Å². The van der Waals surface area contributed by atoms with Crippen molar-refractivity contribution in [3.63, 3.8) is 0 Å². The largest absolute Gasteiger partial charge is 0.444 e. The van der Waals surface area contributed by atoms with Crippen LogP contribution in [0.5, 0.6) is 0 Å². The molecule has 1 atom stereocenters. The van der Waals surface area contributed by atoms with Gasteiger partial charge in [0.25, 0.3) is 0 Å². The molecule has 1 saturated heterocycles. The Hall–Kier alpha value is -1.92. The summed E-state index contributed by atoms with van der Waals surface area (Å²) in [6.07, 6.45) is 4.91. The second-order valence-electron chi connectivity index (χ2n) is 6.31. The summed E-state index contributed by atoms with van der Waals surface area (Å²) in [5, 5.41) is 7.65. The zero-order chi connectivity index (χ0) is 15.5. The number of nitrogens with zero attached hydrogens (tertiary/aromatic N) is 4. The zero-order valence-electron chi connectivity index (χ0n) is 12.8. The Morgan fingerprint density at radius 1 is 1.48 bits per heavy atom. The quantitative estimate of drug-likeness (QED) is 0.795. The highest BCUT2D eigenvalue weighted by Crippen LogP contribution is 2.21. The van der Waals surface area contributed by atoms with Gasteiger partial charge in [-0.1, -0.05) is 5.21 Å². The number of carbonyl (C=O) groups is 2. The first kappa shape index (κ1) is 15.5. The van der Waals surface area contributed by atoms with Gasteiger partial charge in [0.2, 0.25) is 0 Å². The average molecular weight is 294 g/mol. The van der Waals surface area contributed by atoms with Crippen LogP contribution in [-0.4, -0.2) is 50.5 Å². The zero-order valence-corrected chi connectivity index (χ0v) is 12.8. The first-order valence-corrected chi connectivity index (χ1v) is 7.24. The maximum absolute atomic E-state index is 12.3. The van der Waals surface area contributed by atoms with Gasteiger partial charge in [0.15, 0.2) is 6.29 Å². The molecule has 1 aliphatic rings. The first-order valence-electron chi connectivity index (χ1n) is 7.24. The van der Waals surface area contributed by atoms with Crippen LogP contribution in [0.2, 0.25) is 0 Å². The topological polar surface area (TPSA) is 77.3 Å². The Balaban J connectivity index is 2.04. The predicted octanol–water partition coefficient (Wildman–Crippen LogP) is 1.88. The van der Waals surface area contributed by atoms with Crippen molar-refractivity contribution in [2.24, 2.45) is 0 Å². The van der Waals surface area contributed by atoms with Crippen LogP contribution in [0, 0.1) is 0 Å². The van der Waals surface area contributed by atoms with Gasteiger partial charge in [-0.05, 0) is 40.0 Å². The SMILES string of the molecule is CC(C)(C)OC(=O)N1CCCC[C@H]1Cn1cc(C=O)nn1. The van der Waals surface area contributed by atoms with E-state index in [4.69, 9.17) is 4.74 Å². The van der Waals surface area contributed by atoms with E-state index >= 15 is 0 Å². The molecule has 0 spiro atoms. The van der Waals surface area contributed by atoms with Crippen molar-refractivity contribution in [3.8, 4) is 0 Å². The second-order valence-corrected chi connectivity index (χ2v) is 6.31. The van der Waals surface area contributed by atoms with E-state index in [1.54, 1.807) is 15.8 Å². The molecule has 0 aromatic carbocycles. The number of aldehydes is 1. The number of ether oxygens (including phenoxy) is 1.